The zero-order valence-corrected chi connectivity index (χ0v) is 15.5. The van der Waals surface area contributed by atoms with Crippen molar-refractivity contribution in [3.63, 3.8) is 0 Å². The lowest BCUT2D eigenvalue weighted by molar-refractivity contribution is 0.0830. The number of likely N-dealkylation sites (N-methyl/N-ethyl adjacent to an activating group) is 1. The second kappa shape index (κ2) is 7.85. The summed E-state index contributed by atoms with van der Waals surface area (Å²) in [6, 6.07) is 8.04. The quantitative estimate of drug-likeness (QED) is 0.853. The van der Waals surface area contributed by atoms with Gasteiger partial charge in [0.15, 0.2) is 0 Å². The van der Waals surface area contributed by atoms with Crippen molar-refractivity contribution >= 4 is 5.91 Å². The highest BCUT2D eigenvalue weighted by Crippen LogP contribution is 2.37. The third-order valence-corrected chi connectivity index (χ3v) is 5.97. The van der Waals surface area contributed by atoms with Crippen molar-refractivity contribution in [3.05, 3.63) is 35.4 Å². The molecular formula is C20H31N3O2. The highest BCUT2D eigenvalue weighted by molar-refractivity contribution is 5.94. The van der Waals surface area contributed by atoms with Crippen LogP contribution in [0.5, 0.6) is 0 Å². The van der Waals surface area contributed by atoms with Gasteiger partial charge in [-0.15, -0.1) is 0 Å². The predicted molar refractivity (Wildman–Crippen MR) is 99.5 cm³/mol. The van der Waals surface area contributed by atoms with E-state index in [0.717, 1.165) is 52.0 Å². The number of amides is 1. The molecule has 138 valence electrons. The van der Waals surface area contributed by atoms with Crippen LogP contribution in [0.25, 0.3) is 0 Å². The van der Waals surface area contributed by atoms with E-state index in [-0.39, 0.29) is 24.0 Å². The number of aliphatic hydroxyl groups excluding tert-OH is 1. The van der Waals surface area contributed by atoms with Gasteiger partial charge in [0.05, 0.1) is 6.61 Å². The number of carbonyl (C=O) groups is 1. The van der Waals surface area contributed by atoms with Gasteiger partial charge in [-0.25, -0.2) is 0 Å². The zero-order chi connectivity index (χ0) is 17.9. The first-order chi connectivity index (χ1) is 12.0. The van der Waals surface area contributed by atoms with Crippen LogP contribution in [0.2, 0.25) is 0 Å². The molecule has 0 bridgehead atoms. The number of piperazine rings is 1. The van der Waals surface area contributed by atoms with Crippen molar-refractivity contribution in [3.8, 4) is 0 Å². The van der Waals surface area contributed by atoms with Gasteiger partial charge in [0.1, 0.15) is 0 Å². The van der Waals surface area contributed by atoms with Gasteiger partial charge >= 0.3 is 0 Å². The van der Waals surface area contributed by atoms with Crippen LogP contribution in [0, 0.1) is 5.41 Å². The Kier molecular flexibility index (Phi) is 5.77. The van der Waals surface area contributed by atoms with E-state index in [9.17, 15) is 9.90 Å². The normalized spacial score (nSPS) is 28.2. The lowest BCUT2D eigenvalue weighted by atomic mass is 9.85. The van der Waals surface area contributed by atoms with Crippen molar-refractivity contribution in [1.82, 2.24) is 15.1 Å². The van der Waals surface area contributed by atoms with E-state index < -0.39 is 0 Å². The number of benzene rings is 1. The van der Waals surface area contributed by atoms with E-state index in [1.165, 1.54) is 5.56 Å². The van der Waals surface area contributed by atoms with Crippen molar-refractivity contribution in [2.45, 2.75) is 38.8 Å². The summed E-state index contributed by atoms with van der Waals surface area (Å²) in [5, 5.41) is 12.8. The summed E-state index contributed by atoms with van der Waals surface area (Å²) in [6.07, 6.45) is 2.98. The maximum atomic E-state index is 12.5. The molecule has 0 radical (unpaired) electrons. The summed E-state index contributed by atoms with van der Waals surface area (Å²) in [7, 11) is 2.16. The Bertz CT molecular complexity index is 581. The minimum absolute atomic E-state index is 0.0299. The van der Waals surface area contributed by atoms with Crippen LogP contribution >= 0.6 is 0 Å². The molecule has 1 aromatic rings. The monoisotopic (exact) mass is 345 g/mol. The molecule has 1 saturated carbocycles. The van der Waals surface area contributed by atoms with E-state index >= 15 is 0 Å². The summed E-state index contributed by atoms with van der Waals surface area (Å²) < 4.78 is 0. The lowest BCUT2D eigenvalue weighted by Gasteiger charge is -2.32. The fourth-order valence-electron chi connectivity index (χ4n) is 3.94. The Hall–Kier alpha value is -1.43. The Morgan fingerprint density at radius 2 is 1.92 bits per heavy atom. The molecule has 1 heterocycles. The molecule has 2 unspecified atom stereocenters. The maximum absolute atomic E-state index is 12.5. The standard InChI is InChI=1S/C20H31N3O2/c1-20(15-24)9-3-4-18(20)21-19(25)17-7-5-16(6-8-17)14-23-12-10-22(2)11-13-23/h5-8,18,24H,3-4,9-15H2,1-2H3,(H,21,25). The minimum Gasteiger partial charge on any atom is -0.396 e. The van der Waals surface area contributed by atoms with Crippen LogP contribution in [0.1, 0.15) is 42.1 Å². The number of nitrogens with zero attached hydrogens (tertiary/aromatic N) is 2. The molecule has 0 aromatic heterocycles. The highest BCUT2D eigenvalue weighted by Gasteiger charge is 2.39. The van der Waals surface area contributed by atoms with Crippen molar-refractivity contribution in [1.29, 1.82) is 0 Å². The molecular weight excluding hydrogens is 314 g/mol. The highest BCUT2D eigenvalue weighted by atomic mass is 16.3. The van der Waals surface area contributed by atoms with Crippen molar-refractivity contribution < 1.29 is 9.90 Å². The topological polar surface area (TPSA) is 55.8 Å². The number of aliphatic hydroxyl groups is 1. The first kappa shape index (κ1) is 18.4. The van der Waals surface area contributed by atoms with Gasteiger partial charge in [0.25, 0.3) is 5.91 Å². The van der Waals surface area contributed by atoms with E-state index in [4.69, 9.17) is 0 Å². The fourth-order valence-corrected chi connectivity index (χ4v) is 3.94. The van der Waals surface area contributed by atoms with Crippen molar-refractivity contribution in [2.75, 3.05) is 39.8 Å². The van der Waals surface area contributed by atoms with Gasteiger partial charge in [-0.2, -0.15) is 0 Å². The second-order valence-electron chi connectivity index (χ2n) is 8.01. The molecule has 1 aromatic carbocycles. The SMILES string of the molecule is CN1CCN(Cc2ccc(C(=O)NC3CCCC3(C)CO)cc2)CC1. The van der Waals surface area contributed by atoms with Gasteiger partial charge in [0.2, 0.25) is 0 Å². The molecule has 25 heavy (non-hydrogen) atoms. The minimum atomic E-state index is -0.184. The van der Waals surface area contributed by atoms with Gasteiger partial charge < -0.3 is 15.3 Å². The largest absolute Gasteiger partial charge is 0.396 e. The average Bonchev–Trinajstić information content (AvgIpc) is 2.99. The number of hydrogen-bond donors (Lipinski definition) is 2. The van der Waals surface area contributed by atoms with Gasteiger partial charge in [-0.05, 0) is 37.6 Å². The summed E-state index contributed by atoms with van der Waals surface area (Å²) in [6.45, 7) is 7.56. The molecule has 1 aliphatic carbocycles. The molecule has 1 saturated heterocycles. The third kappa shape index (κ3) is 4.40. The average molecular weight is 345 g/mol. The summed E-state index contributed by atoms with van der Waals surface area (Å²) in [5.41, 5.74) is 1.77. The Labute approximate surface area is 151 Å². The first-order valence-electron chi connectivity index (χ1n) is 9.42. The molecule has 1 aliphatic heterocycles. The summed E-state index contributed by atoms with van der Waals surface area (Å²) >= 11 is 0. The Morgan fingerprint density at radius 1 is 1.24 bits per heavy atom. The number of carbonyl (C=O) groups excluding carboxylic acids is 1. The van der Waals surface area contributed by atoms with Crippen LogP contribution in [-0.2, 0) is 6.54 Å². The Balaban J connectivity index is 1.55. The smallest absolute Gasteiger partial charge is 0.251 e. The van der Waals surface area contributed by atoms with Crippen LogP contribution < -0.4 is 5.32 Å². The predicted octanol–water partition coefficient (Wildman–Crippen LogP) is 1.71. The first-order valence-corrected chi connectivity index (χ1v) is 9.42. The molecule has 2 N–H and O–H groups in total. The molecule has 2 fully saturated rings. The van der Waals surface area contributed by atoms with Gasteiger partial charge in [0, 0.05) is 49.7 Å². The maximum Gasteiger partial charge on any atom is 0.251 e. The van der Waals surface area contributed by atoms with E-state index in [0.29, 0.717) is 5.56 Å². The molecule has 0 spiro atoms. The van der Waals surface area contributed by atoms with Gasteiger partial charge in [-0.3, -0.25) is 9.69 Å². The molecule has 1 amide bonds. The molecule has 5 nitrogen and oxygen atoms in total. The molecule has 3 rings (SSSR count). The molecule has 2 atom stereocenters. The molecule has 2 aliphatic rings. The number of hydrogen-bond acceptors (Lipinski definition) is 4. The lowest BCUT2D eigenvalue weighted by Crippen LogP contribution is -2.44. The summed E-state index contributed by atoms with van der Waals surface area (Å²) in [4.78, 5) is 17.3. The van der Waals surface area contributed by atoms with E-state index in [2.05, 4.69) is 41.2 Å². The number of rotatable bonds is 5. The Morgan fingerprint density at radius 3 is 2.56 bits per heavy atom. The third-order valence-electron chi connectivity index (χ3n) is 5.97. The van der Waals surface area contributed by atoms with Crippen LogP contribution in [0.4, 0.5) is 0 Å². The second-order valence-corrected chi connectivity index (χ2v) is 8.01. The number of nitrogens with one attached hydrogen (secondary N) is 1. The van der Waals surface area contributed by atoms with E-state index in [1.54, 1.807) is 0 Å². The summed E-state index contributed by atoms with van der Waals surface area (Å²) in [5.74, 6) is -0.0299. The zero-order valence-electron chi connectivity index (χ0n) is 15.5. The fraction of sp³-hybridized carbons (Fsp3) is 0.650. The molecule has 5 heteroatoms. The van der Waals surface area contributed by atoms with E-state index in [1.807, 2.05) is 12.1 Å². The van der Waals surface area contributed by atoms with Crippen LogP contribution in [-0.4, -0.2) is 66.7 Å². The van der Waals surface area contributed by atoms with Gasteiger partial charge in [-0.1, -0.05) is 25.5 Å². The van der Waals surface area contributed by atoms with Crippen molar-refractivity contribution in [2.24, 2.45) is 5.41 Å². The van der Waals surface area contributed by atoms with Crippen LogP contribution in [0.3, 0.4) is 0 Å². The van der Waals surface area contributed by atoms with Crippen LogP contribution in [0.15, 0.2) is 24.3 Å².